The zero-order valence-electron chi connectivity index (χ0n) is 10.5. The van der Waals surface area contributed by atoms with Crippen LogP contribution in [0.5, 0.6) is 5.75 Å². The Hall–Kier alpha value is -1.46. The van der Waals surface area contributed by atoms with Gasteiger partial charge in [-0.25, -0.2) is 0 Å². The molecular formula is C14H15ClF3NO. The molecule has 0 aromatic heterocycles. The number of nitrogens with two attached hydrogens (primary N) is 1. The van der Waals surface area contributed by atoms with Gasteiger partial charge in [0.25, 0.3) is 0 Å². The smallest absolute Gasteiger partial charge is 0.389 e. The highest BCUT2D eigenvalue weighted by Gasteiger charge is 2.27. The topological polar surface area (TPSA) is 46.2 Å². The van der Waals surface area contributed by atoms with Crippen molar-refractivity contribution in [2.24, 2.45) is 5.73 Å². The van der Waals surface area contributed by atoms with E-state index in [0.717, 1.165) is 10.8 Å². The number of rotatable bonds is 3. The molecule has 2 aromatic rings. The van der Waals surface area contributed by atoms with Crippen molar-refractivity contribution < 1.29 is 18.3 Å². The van der Waals surface area contributed by atoms with Gasteiger partial charge in [0.1, 0.15) is 5.75 Å². The van der Waals surface area contributed by atoms with Gasteiger partial charge in [-0.1, -0.05) is 18.2 Å². The lowest BCUT2D eigenvalue weighted by atomic mass is 9.99. The van der Waals surface area contributed by atoms with Crippen molar-refractivity contribution in [3.8, 4) is 5.75 Å². The fraction of sp³-hybridized carbons (Fsp3) is 0.286. The van der Waals surface area contributed by atoms with Crippen LogP contribution in [0.25, 0.3) is 10.8 Å². The van der Waals surface area contributed by atoms with Crippen molar-refractivity contribution in [1.29, 1.82) is 0 Å². The van der Waals surface area contributed by atoms with Gasteiger partial charge in [0.2, 0.25) is 0 Å². The number of hydrogen-bond donors (Lipinski definition) is 2. The SMILES string of the molecule is Cl.N[C@@H](CCC(F)(F)F)c1ccc2cc(O)ccc2c1. The molecule has 0 unspecified atom stereocenters. The van der Waals surface area contributed by atoms with Crippen molar-refractivity contribution in [2.75, 3.05) is 0 Å². The molecule has 2 rings (SSSR count). The first kappa shape index (κ1) is 16.6. The third-order valence-corrected chi connectivity index (χ3v) is 3.01. The van der Waals surface area contributed by atoms with Crippen LogP contribution in [0.2, 0.25) is 0 Å². The van der Waals surface area contributed by atoms with Gasteiger partial charge in [-0.3, -0.25) is 0 Å². The number of phenols is 1. The first-order valence-electron chi connectivity index (χ1n) is 5.90. The minimum Gasteiger partial charge on any atom is -0.508 e. The summed E-state index contributed by atoms with van der Waals surface area (Å²) in [6.07, 6.45) is -5.20. The van der Waals surface area contributed by atoms with Crippen LogP contribution in [0.15, 0.2) is 36.4 Å². The summed E-state index contributed by atoms with van der Waals surface area (Å²) in [4.78, 5) is 0. The number of halogens is 4. The van der Waals surface area contributed by atoms with Crippen molar-refractivity contribution in [1.82, 2.24) is 0 Å². The first-order chi connectivity index (χ1) is 8.85. The largest absolute Gasteiger partial charge is 0.508 e. The zero-order chi connectivity index (χ0) is 14.0. The number of phenolic OH excluding ortho intramolecular Hbond substituents is 1. The van der Waals surface area contributed by atoms with Crippen LogP contribution >= 0.6 is 12.4 Å². The van der Waals surface area contributed by atoms with Crippen LogP contribution in [0.4, 0.5) is 13.2 Å². The summed E-state index contributed by atoms with van der Waals surface area (Å²) in [5.41, 5.74) is 6.44. The van der Waals surface area contributed by atoms with E-state index in [1.54, 1.807) is 30.3 Å². The highest BCUT2D eigenvalue weighted by atomic mass is 35.5. The monoisotopic (exact) mass is 305 g/mol. The molecule has 2 aromatic carbocycles. The average molecular weight is 306 g/mol. The quantitative estimate of drug-likeness (QED) is 0.887. The molecule has 0 aliphatic heterocycles. The van der Waals surface area contributed by atoms with Crippen LogP contribution in [0.3, 0.4) is 0 Å². The van der Waals surface area contributed by atoms with Crippen molar-refractivity contribution >= 4 is 23.2 Å². The molecular weight excluding hydrogens is 291 g/mol. The molecule has 1 atom stereocenters. The Morgan fingerprint density at radius 2 is 1.65 bits per heavy atom. The van der Waals surface area contributed by atoms with Crippen LogP contribution in [-0.4, -0.2) is 11.3 Å². The molecule has 0 saturated heterocycles. The Balaban J connectivity index is 0.00000200. The van der Waals surface area contributed by atoms with Crippen molar-refractivity contribution in [2.45, 2.75) is 25.1 Å². The molecule has 0 fully saturated rings. The minimum atomic E-state index is -4.18. The molecule has 0 saturated carbocycles. The van der Waals surface area contributed by atoms with E-state index in [0.29, 0.717) is 5.56 Å². The Morgan fingerprint density at radius 3 is 2.30 bits per heavy atom. The Bertz CT molecular complexity index is 586. The normalized spacial score (nSPS) is 13.0. The van der Waals surface area contributed by atoms with Gasteiger partial charge >= 0.3 is 6.18 Å². The number of benzene rings is 2. The maximum atomic E-state index is 12.1. The van der Waals surface area contributed by atoms with Crippen molar-refractivity contribution in [3.63, 3.8) is 0 Å². The van der Waals surface area contributed by atoms with Gasteiger partial charge in [0.05, 0.1) is 0 Å². The molecule has 6 heteroatoms. The Labute approximate surface area is 120 Å². The third-order valence-electron chi connectivity index (χ3n) is 3.01. The first-order valence-corrected chi connectivity index (χ1v) is 5.90. The summed E-state index contributed by atoms with van der Waals surface area (Å²) in [5.74, 6) is 0.154. The zero-order valence-corrected chi connectivity index (χ0v) is 11.3. The lowest BCUT2D eigenvalue weighted by molar-refractivity contribution is -0.136. The van der Waals surface area contributed by atoms with Gasteiger partial charge < -0.3 is 10.8 Å². The van der Waals surface area contributed by atoms with Gasteiger partial charge in [-0.05, 0) is 41.0 Å². The molecule has 110 valence electrons. The van der Waals surface area contributed by atoms with E-state index in [-0.39, 0.29) is 24.6 Å². The van der Waals surface area contributed by atoms with Crippen LogP contribution in [0, 0.1) is 0 Å². The lowest BCUT2D eigenvalue weighted by Gasteiger charge is -2.14. The van der Waals surface area contributed by atoms with Crippen molar-refractivity contribution in [3.05, 3.63) is 42.0 Å². The van der Waals surface area contributed by atoms with E-state index < -0.39 is 18.6 Å². The summed E-state index contributed by atoms with van der Waals surface area (Å²) >= 11 is 0. The Kier molecular flexibility index (Phi) is 5.25. The molecule has 2 nitrogen and oxygen atoms in total. The summed E-state index contributed by atoms with van der Waals surface area (Å²) < 4.78 is 36.4. The van der Waals surface area contributed by atoms with Gasteiger partial charge in [0.15, 0.2) is 0 Å². The molecule has 0 heterocycles. The third kappa shape index (κ3) is 4.28. The van der Waals surface area contributed by atoms with Crippen LogP contribution < -0.4 is 5.73 Å². The summed E-state index contributed by atoms with van der Waals surface area (Å²) in [7, 11) is 0. The number of hydrogen-bond acceptors (Lipinski definition) is 2. The summed E-state index contributed by atoms with van der Waals surface area (Å²) in [6.45, 7) is 0. The second kappa shape index (κ2) is 6.33. The minimum absolute atomic E-state index is 0. The van der Waals surface area contributed by atoms with E-state index in [1.807, 2.05) is 0 Å². The number of aromatic hydroxyl groups is 1. The molecule has 0 radical (unpaired) electrons. The maximum absolute atomic E-state index is 12.1. The van der Waals surface area contributed by atoms with E-state index in [1.165, 1.54) is 6.07 Å². The van der Waals surface area contributed by atoms with E-state index in [2.05, 4.69) is 0 Å². The lowest BCUT2D eigenvalue weighted by Crippen LogP contribution is -2.15. The molecule has 0 spiro atoms. The highest BCUT2D eigenvalue weighted by molar-refractivity contribution is 5.85. The van der Waals surface area contributed by atoms with Gasteiger partial charge in [0, 0.05) is 12.5 Å². The molecule has 0 aliphatic rings. The number of alkyl halides is 3. The van der Waals surface area contributed by atoms with E-state index in [4.69, 9.17) is 5.73 Å². The molecule has 0 amide bonds. The summed E-state index contributed by atoms with van der Waals surface area (Å²) in [6, 6.07) is 9.41. The second-order valence-corrected chi connectivity index (χ2v) is 4.55. The Morgan fingerprint density at radius 1 is 1.05 bits per heavy atom. The van der Waals surface area contributed by atoms with Crippen LogP contribution in [-0.2, 0) is 0 Å². The van der Waals surface area contributed by atoms with Crippen LogP contribution in [0.1, 0.15) is 24.4 Å². The fourth-order valence-electron chi connectivity index (χ4n) is 1.97. The van der Waals surface area contributed by atoms with Gasteiger partial charge in [-0.2, -0.15) is 13.2 Å². The highest BCUT2D eigenvalue weighted by Crippen LogP contribution is 2.28. The maximum Gasteiger partial charge on any atom is 0.389 e. The second-order valence-electron chi connectivity index (χ2n) is 4.55. The van der Waals surface area contributed by atoms with Gasteiger partial charge in [-0.15, -0.1) is 12.4 Å². The van der Waals surface area contributed by atoms with E-state index >= 15 is 0 Å². The van der Waals surface area contributed by atoms with E-state index in [9.17, 15) is 18.3 Å². The average Bonchev–Trinajstić information content (AvgIpc) is 2.34. The predicted molar refractivity (Wildman–Crippen MR) is 75.1 cm³/mol. The molecule has 0 bridgehead atoms. The molecule has 20 heavy (non-hydrogen) atoms. The standard InChI is InChI=1S/C14H14F3NO.ClH/c15-14(16,17)6-5-13(18)11-2-1-10-8-12(19)4-3-9(10)7-11;/h1-4,7-8,13,19H,5-6,18H2;1H/t13-;/m0./s1. The number of fused-ring (bicyclic) bond motifs is 1. The molecule has 3 N–H and O–H groups in total. The summed E-state index contributed by atoms with van der Waals surface area (Å²) in [5, 5.41) is 11.0. The fourth-order valence-corrected chi connectivity index (χ4v) is 1.97. The predicted octanol–water partition coefficient (Wildman–Crippen LogP) is 4.31. The molecule has 0 aliphatic carbocycles.